The largest absolute Gasteiger partial charge is 0.371 e. The number of fused-ring (bicyclic) bond motifs is 3. The van der Waals surface area contributed by atoms with E-state index >= 15 is 0 Å². The number of piperidine rings is 2. The van der Waals surface area contributed by atoms with Gasteiger partial charge < -0.3 is 30.2 Å². The number of benzene rings is 2. The minimum Gasteiger partial charge on any atom is -0.371 e. The third-order valence-corrected chi connectivity index (χ3v) is 14.1. The van der Waals surface area contributed by atoms with Crippen molar-refractivity contribution in [2.75, 3.05) is 72.9 Å². The highest BCUT2D eigenvalue weighted by Gasteiger charge is 2.52. The Hall–Kier alpha value is -6.95. The van der Waals surface area contributed by atoms with Crippen LogP contribution >= 0.6 is 0 Å². The highest BCUT2D eigenvalue weighted by Crippen LogP contribution is 2.43. The molecular formula is C45H48N14O4. The van der Waals surface area contributed by atoms with Gasteiger partial charge >= 0.3 is 0 Å². The summed E-state index contributed by atoms with van der Waals surface area (Å²) in [6.07, 6.45) is 4.88. The Labute approximate surface area is 363 Å². The number of allylic oxidation sites excluding steroid dienone is 2. The van der Waals surface area contributed by atoms with Crippen molar-refractivity contribution in [2.24, 2.45) is 11.3 Å². The fourth-order valence-electron chi connectivity index (χ4n) is 10.6. The second kappa shape index (κ2) is 14.6. The second-order valence-electron chi connectivity index (χ2n) is 18.2. The monoisotopic (exact) mass is 848 g/mol. The summed E-state index contributed by atoms with van der Waals surface area (Å²) in [5.41, 5.74) is 7.24. The van der Waals surface area contributed by atoms with Gasteiger partial charge in [0.15, 0.2) is 0 Å². The molecule has 11 rings (SSSR count). The van der Waals surface area contributed by atoms with Gasteiger partial charge in [-0.15, -0.1) is 0 Å². The van der Waals surface area contributed by atoms with Crippen LogP contribution in [0.3, 0.4) is 0 Å². The summed E-state index contributed by atoms with van der Waals surface area (Å²) >= 11 is 0. The second-order valence-corrected chi connectivity index (χ2v) is 18.2. The molecule has 0 bridgehead atoms. The van der Waals surface area contributed by atoms with Crippen LogP contribution in [0, 0.1) is 11.3 Å². The van der Waals surface area contributed by atoms with E-state index in [1.807, 2.05) is 68.4 Å². The summed E-state index contributed by atoms with van der Waals surface area (Å²) in [4.78, 5) is 67.9. The zero-order chi connectivity index (χ0) is 43.3. The lowest BCUT2D eigenvalue weighted by Crippen LogP contribution is -2.72. The van der Waals surface area contributed by atoms with Crippen LogP contribution in [0.4, 0.5) is 23.1 Å². The predicted octanol–water partition coefficient (Wildman–Crippen LogP) is 3.96. The van der Waals surface area contributed by atoms with Crippen LogP contribution in [0.2, 0.25) is 0 Å². The number of H-pyrrole nitrogens is 1. The maximum atomic E-state index is 13.7. The molecule has 1 spiro atoms. The molecule has 0 radical (unpaired) electrons. The zero-order valence-electron chi connectivity index (χ0n) is 35.5. The minimum atomic E-state index is -0.811. The van der Waals surface area contributed by atoms with E-state index < -0.39 is 17.9 Å². The molecule has 63 heavy (non-hydrogen) atoms. The zero-order valence-corrected chi connectivity index (χ0v) is 35.5. The number of hydrogen-bond donors (Lipinski definition) is 3. The summed E-state index contributed by atoms with van der Waals surface area (Å²) in [6.45, 7) is 14.6. The number of rotatable bonds is 8. The summed E-state index contributed by atoms with van der Waals surface area (Å²) < 4.78 is 1.65. The molecular weight excluding hydrogens is 801 g/mol. The van der Waals surface area contributed by atoms with Crippen molar-refractivity contribution < 1.29 is 19.2 Å². The quantitative estimate of drug-likeness (QED) is 0.190. The van der Waals surface area contributed by atoms with Gasteiger partial charge in [-0.2, -0.15) is 5.10 Å². The van der Waals surface area contributed by atoms with Crippen molar-refractivity contribution in [3.8, 4) is 11.3 Å². The van der Waals surface area contributed by atoms with Crippen LogP contribution in [0.15, 0.2) is 78.3 Å². The van der Waals surface area contributed by atoms with Gasteiger partial charge in [0.25, 0.3) is 17.7 Å². The molecule has 4 amide bonds. The van der Waals surface area contributed by atoms with Gasteiger partial charge in [-0.1, -0.05) is 11.7 Å². The summed E-state index contributed by atoms with van der Waals surface area (Å²) in [7, 11) is 1.85. The van der Waals surface area contributed by atoms with Crippen molar-refractivity contribution in [1.29, 1.82) is 0 Å². The van der Waals surface area contributed by atoms with E-state index in [1.54, 1.807) is 10.7 Å². The number of tetrazole rings is 1. The van der Waals surface area contributed by atoms with Crippen molar-refractivity contribution >= 4 is 57.7 Å². The predicted molar refractivity (Wildman–Crippen MR) is 235 cm³/mol. The molecule has 18 heteroatoms. The van der Waals surface area contributed by atoms with Crippen LogP contribution in [0.25, 0.3) is 22.2 Å². The van der Waals surface area contributed by atoms with Crippen molar-refractivity contribution in [1.82, 2.24) is 50.5 Å². The van der Waals surface area contributed by atoms with Crippen LogP contribution in [0.5, 0.6) is 0 Å². The number of anilines is 4. The highest BCUT2D eigenvalue weighted by molar-refractivity contribution is 6.23. The van der Waals surface area contributed by atoms with E-state index in [2.05, 4.69) is 63.7 Å². The van der Waals surface area contributed by atoms with E-state index in [0.29, 0.717) is 52.8 Å². The third kappa shape index (κ3) is 6.44. The molecule has 2 atom stereocenters. The number of carbonyl (C=O) groups excluding carboxylic acids is 4. The van der Waals surface area contributed by atoms with E-state index in [4.69, 9.17) is 4.98 Å². The third-order valence-electron chi connectivity index (χ3n) is 14.1. The standard InChI is InChI=1S/C45H48N14O4/c1-25-5-10-36(40(60)47-25)58-42(62)32-8-7-31(19-33(32)43(58)63)56-15-12-28(13-16-56)20-55-21-45(22-55)23-57(24-45)37-17-29(11-14-46-37)39-34-18-30(6-9-35(34)49-50-39)48-41(61)38-26(2)54(4)44-51-52-53-59(44)27(38)3/h6-9,11,14,17-19,27-28,36H,1,5,10,12-13,15-16,20-24H2,2-4H3,(H,47,60)(H,48,61)(H,49,50)/t27-,36?/m1/s1. The minimum absolute atomic E-state index is 0.213. The molecule has 0 saturated carbocycles. The van der Waals surface area contributed by atoms with Crippen molar-refractivity contribution in [3.63, 3.8) is 0 Å². The van der Waals surface area contributed by atoms with E-state index in [9.17, 15) is 19.2 Å². The molecule has 6 aliphatic heterocycles. The number of likely N-dealkylation sites (tertiary alicyclic amines) is 1. The number of carbonyl (C=O) groups is 4. The molecule has 9 heterocycles. The molecule has 18 nitrogen and oxygen atoms in total. The summed E-state index contributed by atoms with van der Waals surface area (Å²) in [5, 5.41) is 26.5. The lowest BCUT2D eigenvalue weighted by Gasteiger charge is -2.61. The van der Waals surface area contributed by atoms with E-state index in [0.717, 1.165) is 103 Å². The Morgan fingerprint density at radius 2 is 1.75 bits per heavy atom. The molecule has 4 fully saturated rings. The SMILES string of the molecule is C=C1CCC(N2C(=O)c3ccc(N4CCC(CN5CC6(C5)CN(c5cc(-c7n[nH]c8ccc(NC(=O)C9=C(C)N(C)c%10nnnn%10[C@@H]9C)cc78)ccn5)C6)CC4)cc3C2=O)C(=O)N1. The number of nitrogens with zero attached hydrogens (tertiary/aromatic N) is 11. The number of hydrogen-bond acceptors (Lipinski definition) is 13. The Morgan fingerprint density at radius 1 is 0.952 bits per heavy atom. The normalized spacial score (nSPS) is 22.4. The maximum Gasteiger partial charge on any atom is 0.262 e. The molecule has 3 N–H and O–H groups in total. The van der Waals surface area contributed by atoms with Gasteiger partial charge in [-0.05, 0) is 104 Å². The number of aromatic amines is 1. The number of pyridine rings is 1. The first-order valence-electron chi connectivity index (χ1n) is 21.6. The molecule has 6 aliphatic rings. The van der Waals surface area contributed by atoms with E-state index in [1.165, 1.54) is 0 Å². The van der Waals surface area contributed by atoms with Crippen molar-refractivity contribution in [2.45, 2.75) is 51.6 Å². The Morgan fingerprint density at radius 3 is 2.54 bits per heavy atom. The van der Waals surface area contributed by atoms with Crippen LogP contribution in [-0.2, 0) is 9.59 Å². The summed E-state index contributed by atoms with van der Waals surface area (Å²) in [5.74, 6) is 0.753. The van der Waals surface area contributed by atoms with Crippen LogP contribution in [-0.4, -0.2) is 128 Å². The highest BCUT2D eigenvalue weighted by atomic mass is 16.2. The van der Waals surface area contributed by atoms with Crippen molar-refractivity contribution in [3.05, 3.63) is 89.4 Å². The van der Waals surface area contributed by atoms with Gasteiger partial charge in [-0.25, -0.2) is 9.67 Å². The molecule has 5 aromatic rings. The number of nitrogens with one attached hydrogen (secondary N) is 3. The fourth-order valence-corrected chi connectivity index (χ4v) is 10.6. The fraction of sp³-hybridized carbons (Fsp3) is 0.400. The molecule has 322 valence electrons. The Kier molecular flexibility index (Phi) is 9.01. The molecule has 4 saturated heterocycles. The molecule has 2 aromatic carbocycles. The van der Waals surface area contributed by atoms with Gasteiger partial charge in [0, 0.05) is 98.2 Å². The topological polar surface area (TPSA) is 194 Å². The Bertz CT molecular complexity index is 2790. The van der Waals surface area contributed by atoms with Crippen LogP contribution < -0.4 is 25.3 Å². The number of amides is 4. The average molecular weight is 849 g/mol. The number of imide groups is 1. The molecule has 1 unspecified atom stereocenters. The lowest BCUT2D eigenvalue weighted by molar-refractivity contribution is -0.125. The average Bonchev–Trinajstić information content (AvgIpc) is 3.98. The van der Waals surface area contributed by atoms with E-state index in [-0.39, 0.29) is 23.3 Å². The molecule has 3 aromatic heterocycles. The van der Waals surface area contributed by atoms with Gasteiger partial charge in [-0.3, -0.25) is 29.2 Å². The smallest absolute Gasteiger partial charge is 0.262 e. The Balaban J connectivity index is 0.679. The van der Waals surface area contributed by atoms with Gasteiger partial charge in [0.05, 0.1) is 28.3 Å². The maximum absolute atomic E-state index is 13.7. The van der Waals surface area contributed by atoms with Gasteiger partial charge in [0.1, 0.15) is 17.6 Å². The first kappa shape index (κ1) is 38.9. The van der Waals surface area contributed by atoms with Crippen LogP contribution in [0.1, 0.15) is 66.3 Å². The molecule has 0 aliphatic carbocycles. The van der Waals surface area contributed by atoms with Gasteiger partial charge in [0.2, 0.25) is 11.9 Å². The summed E-state index contributed by atoms with van der Waals surface area (Å²) in [6, 6.07) is 14.2. The first-order valence-corrected chi connectivity index (χ1v) is 21.6. The number of aromatic nitrogens is 7. The first-order chi connectivity index (χ1) is 30.4. The lowest BCUT2D eigenvalue weighted by atomic mass is 9.72.